The van der Waals surface area contributed by atoms with Gasteiger partial charge in [0.2, 0.25) is 11.7 Å². The van der Waals surface area contributed by atoms with Crippen molar-refractivity contribution < 1.29 is 14.1 Å². The number of amides is 1. The van der Waals surface area contributed by atoms with Crippen LogP contribution in [-0.2, 0) is 6.54 Å². The second kappa shape index (κ2) is 8.22. The molecule has 1 aromatic heterocycles. The van der Waals surface area contributed by atoms with Gasteiger partial charge in [-0.05, 0) is 56.3 Å². The number of rotatable bonds is 6. The summed E-state index contributed by atoms with van der Waals surface area (Å²) >= 11 is 5.91. The van der Waals surface area contributed by atoms with Gasteiger partial charge in [0.25, 0.3) is 5.91 Å². The van der Waals surface area contributed by atoms with Crippen molar-refractivity contribution in [3.05, 3.63) is 65.0 Å². The number of hydrogen-bond acceptors (Lipinski definition) is 5. The van der Waals surface area contributed by atoms with Crippen LogP contribution >= 0.6 is 11.6 Å². The number of hydrogen-bond donors (Lipinski definition) is 0. The standard InChI is InChI=1S/C20H20ClN3O3/c1-13(2)24(20(25)15-5-4-6-17(11-15)26-3)12-18-22-19(23-27-18)14-7-9-16(21)10-8-14/h4-11,13H,12H2,1-3H3. The Hall–Kier alpha value is -2.86. The summed E-state index contributed by atoms with van der Waals surface area (Å²) in [5.41, 5.74) is 1.34. The van der Waals surface area contributed by atoms with Gasteiger partial charge in [-0.1, -0.05) is 22.8 Å². The lowest BCUT2D eigenvalue weighted by Crippen LogP contribution is -2.36. The number of carbonyl (C=O) groups excluding carboxylic acids is 1. The monoisotopic (exact) mass is 385 g/mol. The predicted molar refractivity (Wildman–Crippen MR) is 103 cm³/mol. The Morgan fingerprint density at radius 3 is 2.63 bits per heavy atom. The first-order valence-corrected chi connectivity index (χ1v) is 8.89. The minimum atomic E-state index is -0.129. The van der Waals surface area contributed by atoms with Gasteiger partial charge in [0.15, 0.2) is 0 Å². The van der Waals surface area contributed by atoms with Gasteiger partial charge in [-0.25, -0.2) is 0 Å². The third-order valence-corrected chi connectivity index (χ3v) is 4.33. The van der Waals surface area contributed by atoms with Crippen LogP contribution < -0.4 is 4.74 Å². The van der Waals surface area contributed by atoms with Crippen molar-refractivity contribution in [2.24, 2.45) is 0 Å². The first-order chi connectivity index (χ1) is 13.0. The lowest BCUT2D eigenvalue weighted by Gasteiger charge is -2.25. The second-order valence-corrected chi connectivity index (χ2v) is 6.71. The lowest BCUT2D eigenvalue weighted by molar-refractivity contribution is 0.0667. The summed E-state index contributed by atoms with van der Waals surface area (Å²) in [7, 11) is 1.57. The highest BCUT2D eigenvalue weighted by molar-refractivity contribution is 6.30. The molecule has 0 aliphatic rings. The summed E-state index contributed by atoms with van der Waals surface area (Å²) in [5.74, 6) is 1.33. The number of benzene rings is 2. The van der Waals surface area contributed by atoms with Crippen LogP contribution in [0.3, 0.4) is 0 Å². The Balaban J connectivity index is 1.80. The minimum Gasteiger partial charge on any atom is -0.497 e. The number of carbonyl (C=O) groups is 1. The normalized spacial score (nSPS) is 10.9. The van der Waals surface area contributed by atoms with Crippen molar-refractivity contribution >= 4 is 17.5 Å². The Labute approximate surface area is 162 Å². The van der Waals surface area contributed by atoms with Gasteiger partial charge in [-0.2, -0.15) is 4.98 Å². The molecule has 2 aromatic carbocycles. The molecule has 6 nitrogen and oxygen atoms in total. The number of methoxy groups -OCH3 is 1. The fourth-order valence-corrected chi connectivity index (χ4v) is 2.72. The Morgan fingerprint density at radius 2 is 1.96 bits per heavy atom. The first kappa shape index (κ1) is 18.9. The molecule has 0 fully saturated rings. The van der Waals surface area contributed by atoms with Crippen LogP contribution in [0.25, 0.3) is 11.4 Å². The SMILES string of the molecule is COc1cccc(C(=O)N(Cc2nc(-c3ccc(Cl)cc3)no2)C(C)C)c1. The summed E-state index contributed by atoms with van der Waals surface area (Å²) in [5, 5.41) is 4.64. The molecule has 0 saturated heterocycles. The van der Waals surface area contributed by atoms with Crippen molar-refractivity contribution in [3.8, 4) is 17.1 Å². The molecule has 0 N–H and O–H groups in total. The van der Waals surface area contributed by atoms with E-state index in [2.05, 4.69) is 10.1 Å². The molecule has 0 bridgehead atoms. The van der Waals surface area contributed by atoms with E-state index in [1.807, 2.05) is 26.0 Å². The van der Waals surface area contributed by atoms with Gasteiger partial charge in [0, 0.05) is 22.2 Å². The van der Waals surface area contributed by atoms with Crippen molar-refractivity contribution in [1.82, 2.24) is 15.0 Å². The van der Waals surface area contributed by atoms with Crippen LogP contribution in [0.2, 0.25) is 5.02 Å². The van der Waals surface area contributed by atoms with Gasteiger partial charge in [-0.3, -0.25) is 4.79 Å². The van der Waals surface area contributed by atoms with Gasteiger partial charge < -0.3 is 14.2 Å². The van der Waals surface area contributed by atoms with E-state index in [9.17, 15) is 4.79 Å². The van der Waals surface area contributed by atoms with Crippen molar-refractivity contribution in [3.63, 3.8) is 0 Å². The smallest absolute Gasteiger partial charge is 0.254 e. The molecule has 3 aromatic rings. The second-order valence-electron chi connectivity index (χ2n) is 6.28. The van der Waals surface area contributed by atoms with Crippen LogP contribution in [-0.4, -0.2) is 34.1 Å². The molecular formula is C20H20ClN3O3. The molecule has 140 valence electrons. The summed E-state index contributed by atoms with van der Waals surface area (Å²) in [6.07, 6.45) is 0. The highest BCUT2D eigenvalue weighted by Crippen LogP contribution is 2.21. The lowest BCUT2D eigenvalue weighted by atomic mass is 10.1. The summed E-state index contributed by atoms with van der Waals surface area (Å²) in [6.45, 7) is 4.09. The molecule has 0 radical (unpaired) electrons. The maximum absolute atomic E-state index is 12.9. The molecule has 0 aliphatic heterocycles. The van der Waals surface area contributed by atoms with Gasteiger partial charge in [0.05, 0.1) is 7.11 Å². The van der Waals surface area contributed by atoms with Gasteiger partial charge >= 0.3 is 0 Å². The van der Waals surface area contributed by atoms with Crippen LogP contribution in [0.4, 0.5) is 0 Å². The Bertz CT molecular complexity index is 922. The average Bonchev–Trinajstić information content (AvgIpc) is 3.14. The average molecular weight is 386 g/mol. The van der Waals surface area contributed by atoms with Gasteiger partial charge in [-0.15, -0.1) is 0 Å². The number of halogens is 1. The van der Waals surface area contributed by atoms with E-state index in [4.69, 9.17) is 20.9 Å². The van der Waals surface area contributed by atoms with Crippen molar-refractivity contribution in [2.45, 2.75) is 26.4 Å². The fourth-order valence-electron chi connectivity index (χ4n) is 2.59. The number of ether oxygens (including phenoxy) is 1. The fraction of sp³-hybridized carbons (Fsp3) is 0.250. The molecule has 3 rings (SSSR count). The molecule has 7 heteroatoms. The molecule has 0 unspecified atom stereocenters. The van der Waals surface area contributed by atoms with Crippen LogP contribution in [0, 0.1) is 0 Å². The maximum atomic E-state index is 12.9. The molecule has 0 aliphatic carbocycles. The largest absolute Gasteiger partial charge is 0.497 e. The van der Waals surface area contributed by atoms with E-state index in [1.54, 1.807) is 48.4 Å². The molecule has 0 atom stereocenters. The highest BCUT2D eigenvalue weighted by atomic mass is 35.5. The third kappa shape index (κ3) is 4.46. The van der Waals surface area contributed by atoms with Crippen molar-refractivity contribution in [2.75, 3.05) is 7.11 Å². The first-order valence-electron chi connectivity index (χ1n) is 8.51. The Kier molecular flexibility index (Phi) is 5.76. The molecule has 0 spiro atoms. The van der Waals surface area contributed by atoms with E-state index in [0.717, 1.165) is 5.56 Å². The van der Waals surface area contributed by atoms with E-state index in [-0.39, 0.29) is 18.5 Å². The topological polar surface area (TPSA) is 68.5 Å². The zero-order valence-electron chi connectivity index (χ0n) is 15.3. The third-order valence-electron chi connectivity index (χ3n) is 4.08. The number of aromatic nitrogens is 2. The Morgan fingerprint density at radius 1 is 1.22 bits per heavy atom. The highest BCUT2D eigenvalue weighted by Gasteiger charge is 2.22. The molecule has 1 amide bonds. The van der Waals surface area contributed by atoms with Crippen LogP contribution in [0.5, 0.6) is 5.75 Å². The van der Waals surface area contributed by atoms with E-state index in [1.165, 1.54) is 0 Å². The zero-order valence-corrected chi connectivity index (χ0v) is 16.1. The molecule has 0 saturated carbocycles. The summed E-state index contributed by atoms with van der Waals surface area (Å²) in [4.78, 5) is 19.0. The summed E-state index contributed by atoms with van der Waals surface area (Å²) in [6, 6.07) is 14.2. The summed E-state index contributed by atoms with van der Waals surface area (Å²) < 4.78 is 10.6. The van der Waals surface area contributed by atoms with E-state index >= 15 is 0 Å². The van der Waals surface area contributed by atoms with E-state index < -0.39 is 0 Å². The maximum Gasteiger partial charge on any atom is 0.254 e. The molecule has 1 heterocycles. The van der Waals surface area contributed by atoms with E-state index in [0.29, 0.717) is 28.1 Å². The molecular weight excluding hydrogens is 366 g/mol. The quantitative estimate of drug-likeness (QED) is 0.627. The van der Waals surface area contributed by atoms with Crippen molar-refractivity contribution in [1.29, 1.82) is 0 Å². The predicted octanol–water partition coefficient (Wildman–Crippen LogP) is 4.45. The minimum absolute atomic E-state index is 0.0467. The number of nitrogens with zero attached hydrogens (tertiary/aromatic N) is 3. The van der Waals surface area contributed by atoms with Crippen LogP contribution in [0.1, 0.15) is 30.1 Å². The zero-order chi connectivity index (χ0) is 19.4. The van der Waals surface area contributed by atoms with Crippen LogP contribution in [0.15, 0.2) is 53.1 Å². The molecule has 27 heavy (non-hydrogen) atoms. The van der Waals surface area contributed by atoms with Gasteiger partial charge in [0.1, 0.15) is 12.3 Å².